The predicted octanol–water partition coefficient (Wildman–Crippen LogP) is 13.0. The lowest BCUT2D eigenvalue weighted by molar-refractivity contribution is 0.668. The Morgan fingerprint density at radius 3 is 1.55 bits per heavy atom. The number of nitrogens with zero attached hydrogens (tertiary/aromatic N) is 2. The summed E-state index contributed by atoms with van der Waals surface area (Å²) in [5, 5.41) is 6.88. The molecule has 51 heavy (non-hydrogen) atoms. The van der Waals surface area contributed by atoms with Crippen molar-refractivity contribution >= 4 is 65.7 Å². The van der Waals surface area contributed by atoms with E-state index in [9.17, 15) is 0 Å². The molecule has 0 unspecified atom stereocenters. The van der Waals surface area contributed by atoms with Gasteiger partial charge in [-0.25, -0.2) is 0 Å². The quantitative estimate of drug-likeness (QED) is 0.190. The molecule has 0 aliphatic rings. The molecular weight excluding hydrogens is 625 g/mol. The van der Waals surface area contributed by atoms with Crippen LogP contribution in [0, 0.1) is 0 Å². The minimum atomic E-state index is 0.889. The second-order valence-corrected chi connectivity index (χ2v) is 13.2. The number of aromatic nitrogens is 2. The van der Waals surface area contributed by atoms with E-state index in [-0.39, 0.29) is 0 Å². The Kier molecular flexibility index (Phi) is 5.92. The van der Waals surface area contributed by atoms with Gasteiger partial charge in [-0.3, -0.25) is 4.98 Å². The summed E-state index contributed by atoms with van der Waals surface area (Å²) in [5.41, 5.74) is 13.7. The first kappa shape index (κ1) is 28.0. The van der Waals surface area contributed by atoms with Gasteiger partial charge < -0.3 is 13.4 Å². The van der Waals surface area contributed by atoms with Crippen LogP contribution in [0.15, 0.2) is 179 Å². The molecule has 11 aromatic rings. The highest BCUT2D eigenvalue weighted by atomic mass is 16.3. The van der Waals surface area contributed by atoms with Crippen molar-refractivity contribution in [3.05, 3.63) is 170 Å². The molecule has 4 heteroatoms. The predicted molar refractivity (Wildman–Crippen MR) is 209 cm³/mol. The molecule has 4 heterocycles. The molecule has 0 amide bonds. The van der Waals surface area contributed by atoms with Crippen LogP contribution in [-0.4, -0.2) is 9.55 Å². The number of furan rings is 2. The number of hydrogen-bond donors (Lipinski definition) is 0. The van der Waals surface area contributed by atoms with Crippen LogP contribution in [0.2, 0.25) is 0 Å². The van der Waals surface area contributed by atoms with Gasteiger partial charge in [0.2, 0.25) is 0 Å². The van der Waals surface area contributed by atoms with Crippen molar-refractivity contribution in [2.24, 2.45) is 0 Å². The Hall–Kier alpha value is -6.91. The van der Waals surface area contributed by atoms with Crippen LogP contribution in [0.3, 0.4) is 0 Å². The summed E-state index contributed by atoms with van der Waals surface area (Å²) >= 11 is 0. The summed E-state index contributed by atoms with van der Waals surface area (Å²) in [6.07, 6.45) is 3.85. The molecule has 0 aliphatic carbocycles. The topological polar surface area (TPSA) is 44.1 Å². The van der Waals surface area contributed by atoms with Gasteiger partial charge in [0.05, 0.1) is 17.2 Å². The van der Waals surface area contributed by atoms with Crippen LogP contribution < -0.4 is 0 Å². The number of benzene rings is 7. The van der Waals surface area contributed by atoms with E-state index in [4.69, 9.17) is 8.83 Å². The van der Waals surface area contributed by atoms with Crippen molar-refractivity contribution in [1.82, 2.24) is 9.55 Å². The standard InChI is InChI=1S/C47H28N2O2/c1-4-13-42-36(10-1)37-20-21-48-28-43(37)49(42)35-24-33(23-34(25-35)32-17-19-47-41(27-32)39-12-3-6-15-45(39)51-47)30-9-7-8-29(22-30)31-16-18-46-40(26-31)38-11-2-5-14-44(38)50-46/h1-28H. The van der Waals surface area contributed by atoms with Gasteiger partial charge in [0.1, 0.15) is 22.3 Å². The summed E-state index contributed by atoms with van der Waals surface area (Å²) in [6, 6.07) is 56.0. The highest BCUT2D eigenvalue weighted by molar-refractivity contribution is 6.10. The summed E-state index contributed by atoms with van der Waals surface area (Å²) in [6.45, 7) is 0. The Morgan fingerprint density at radius 1 is 0.353 bits per heavy atom. The van der Waals surface area contributed by atoms with Crippen molar-refractivity contribution in [2.75, 3.05) is 0 Å². The monoisotopic (exact) mass is 652 g/mol. The molecule has 4 aromatic heterocycles. The minimum absolute atomic E-state index is 0.889. The van der Waals surface area contributed by atoms with E-state index in [0.29, 0.717) is 0 Å². The fourth-order valence-electron chi connectivity index (χ4n) is 7.86. The molecule has 0 N–H and O–H groups in total. The Bertz CT molecular complexity index is 3110. The van der Waals surface area contributed by atoms with Gasteiger partial charge in [-0.15, -0.1) is 0 Å². The molecule has 0 saturated carbocycles. The lowest BCUT2D eigenvalue weighted by Gasteiger charge is -2.15. The van der Waals surface area contributed by atoms with E-state index in [0.717, 1.165) is 94.0 Å². The average Bonchev–Trinajstić information content (AvgIpc) is 3.87. The van der Waals surface area contributed by atoms with E-state index in [1.54, 1.807) is 0 Å². The molecule has 0 saturated heterocycles. The lowest BCUT2D eigenvalue weighted by atomic mass is 9.94. The molecule has 0 bridgehead atoms. The smallest absolute Gasteiger partial charge is 0.135 e. The maximum Gasteiger partial charge on any atom is 0.135 e. The second-order valence-electron chi connectivity index (χ2n) is 13.2. The first-order chi connectivity index (χ1) is 25.2. The maximum atomic E-state index is 6.20. The van der Waals surface area contributed by atoms with Crippen molar-refractivity contribution in [3.8, 4) is 39.1 Å². The van der Waals surface area contributed by atoms with Gasteiger partial charge in [-0.05, 0) is 106 Å². The van der Waals surface area contributed by atoms with Crippen molar-refractivity contribution in [1.29, 1.82) is 0 Å². The van der Waals surface area contributed by atoms with Gasteiger partial charge >= 0.3 is 0 Å². The molecule has 0 spiro atoms. The van der Waals surface area contributed by atoms with Gasteiger partial charge in [0.15, 0.2) is 0 Å². The molecule has 7 aromatic carbocycles. The van der Waals surface area contributed by atoms with Crippen molar-refractivity contribution in [2.45, 2.75) is 0 Å². The summed E-state index contributed by atoms with van der Waals surface area (Å²) in [5.74, 6) is 0. The van der Waals surface area contributed by atoms with E-state index in [2.05, 4.69) is 143 Å². The van der Waals surface area contributed by atoms with E-state index in [1.165, 1.54) is 10.8 Å². The normalized spacial score (nSPS) is 11.9. The third-order valence-corrected chi connectivity index (χ3v) is 10.3. The number of rotatable bonds is 4. The third-order valence-electron chi connectivity index (χ3n) is 10.3. The highest BCUT2D eigenvalue weighted by Gasteiger charge is 2.16. The lowest BCUT2D eigenvalue weighted by Crippen LogP contribution is -1.96. The van der Waals surface area contributed by atoms with Crippen molar-refractivity contribution < 1.29 is 8.83 Å². The number of pyridine rings is 1. The SMILES string of the molecule is c1cc(-c2cc(-c3ccc4oc5ccccc5c4c3)cc(-n3c4ccccc4c4ccncc43)c2)cc(-c2ccc3oc4ccccc4c3c2)c1. The fraction of sp³-hybridized carbons (Fsp3) is 0. The van der Waals surface area contributed by atoms with Gasteiger partial charge in [-0.2, -0.15) is 0 Å². The van der Waals surface area contributed by atoms with E-state index < -0.39 is 0 Å². The molecule has 0 radical (unpaired) electrons. The molecule has 11 rings (SSSR count). The molecule has 4 nitrogen and oxygen atoms in total. The summed E-state index contributed by atoms with van der Waals surface area (Å²) in [4.78, 5) is 4.56. The van der Waals surface area contributed by atoms with Crippen LogP contribution in [0.4, 0.5) is 0 Å². The summed E-state index contributed by atoms with van der Waals surface area (Å²) < 4.78 is 14.7. The van der Waals surface area contributed by atoms with Crippen LogP contribution >= 0.6 is 0 Å². The zero-order chi connectivity index (χ0) is 33.5. The van der Waals surface area contributed by atoms with Crippen LogP contribution in [-0.2, 0) is 0 Å². The second kappa shape index (κ2) is 10.8. The van der Waals surface area contributed by atoms with Crippen LogP contribution in [0.25, 0.3) is 105 Å². The molecule has 0 aliphatic heterocycles. The maximum absolute atomic E-state index is 6.20. The zero-order valence-electron chi connectivity index (χ0n) is 27.4. The third kappa shape index (κ3) is 4.37. The van der Waals surface area contributed by atoms with E-state index >= 15 is 0 Å². The zero-order valence-corrected chi connectivity index (χ0v) is 27.4. The molecule has 0 fully saturated rings. The minimum Gasteiger partial charge on any atom is -0.456 e. The molecule has 238 valence electrons. The molecular formula is C47H28N2O2. The largest absolute Gasteiger partial charge is 0.456 e. The number of hydrogen-bond acceptors (Lipinski definition) is 3. The Labute approximate surface area is 292 Å². The highest BCUT2D eigenvalue weighted by Crippen LogP contribution is 2.39. The Morgan fingerprint density at radius 2 is 0.863 bits per heavy atom. The van der Waals surface area contributed by atoms with Gasteiger partial charge in [-0.1, -0.05) is 84.9 Å². The fourth-order valence-corrected chi connectivity index (χ4v) is 7.86. The van der Waals surface area contributed by atoms with Crippen LogP contribution in [0.1, 0.15) is 0 Å². The van der Waals surface area contributed by atoms with Crippen molar-refractivity contribution in [3.63, 3.8) is 0 Å². The first-order valence-electron chi connectivity index (χ1n) is 17.2. The molecule has 0 atom stereocenters. The number of para-hydroxylation sites is 3. The summed E-state index contributed by atoms with van der Waals surface area (Å²) in [7, 11) is 0. The number of fused-ring (bicyclic) bond motifs is 9. The van der Waals surface area contributed by atoms with Gasteiger partial charge in [0, 0.05) is 44.2 Å². The Balaban J connectivity index is 1.13. The first-order valence-corrected chi connectivity index (χ1v) is 17.2. The van der Waals surface area contributed by atoms with Crippen LogP contribution in [0.5, 0.6) is 0 Å². The average molecular weight is 653 g/mol. The van der Waals surface area contributed by atoms with Gasteiger partial charge in [0.25, 0.3) is 0 Å². The van der Waals surface area contributed by atoms with E-state index in [1.807, 2.05) is 36.7 Å².